The predicted molar refractivity (Wildman–Crippen MR) is 162 cm³/mol. The number of imidazole rings is 1. The van der Waals surface area contributed by atoms with Gasteiger partial charge < -0.3 is 10.3 Å². The van der Waals surface area contributed by atoms with Gasteiger partial charge in [-0.25, -0.2) is 4.98 Å². The summed E-state index contributed by atoms with van der Waals surface area (Å²) in [5, 5.41) is 12.3. The summed E-state index contributed by atoms with van der Waals surface area (Å²) in [5.74, 6) is 0.691. The van der Waals surface area contributed by atoms with E-state index in [0.717, 1.165) is 68.6 Å². The SMILES string of the molecule is C=C/C(=C\C(=C/C)c1ccc2[nH]nc(-c3nc4c(-c5ccncc5)cncc4[nH]3)c2c1)CNCc1ccccc1. The molecule has 0 aliphatic carbocycles. The molecule has 7 nitrogen and oxygen atoms in total. The highest BCUT2D eigenvalue weighted by atomic mass is 15.1. The second-order valence-electron chi connectivity index (χ2n) is 9.49. The molecule has 0 aliphatic heterocycles. The monoisotopic (exact) mass is 523 g/mol. The molecule has 6 rings (SSSR count). The van der Waals surface area contributed by atoms with Gasteiger partial charge in [0.25, 0.3) is 0 Å². The van der Waals surface area contributed by atoms with E-state index in [-0.39, 0.29) is 0 Å². The molecule has 4 heterocycles. The standard InChI is InChI=1S/C33H29N7/c1-3-22(18-35-19-23-8-6-5-7-9-23)16-24(4-2)26-10-11-29-27(17-26)32(40-39-29)33-37-30-21-36-20-28(31(30)38-33)25-12-14-34-15-13-25/h3-17,20-21,35H,1,18-19H2,2H3,(H,37,38)(H,39,40)/b22-16+,24-4+. The molecule has 0 saturated carbocycles. The first kappa shape index (κ1) is 25.2. The zero-order chi connectivity index (χ0) is 27.3. The second-order valence-corrected chi connectivity index (χ2v) is 9.49. The number of aromatic amines is 2. The van der Waals surface area contributed by atoms with Gasteiger partial charge in [0.1, 0.15) is 5.69 Å². The van der Waals surface area contributed by atoms with Crippen molar-refractivity contribution >= 4 is 27.5 Å². The van der Waals surface area contributed by atoms with Crippen LogP contribution in [0.15, 0.2) is 116 Å². The highest BCUT2D eigenvalue weighted by molar-refractivity contribution is 5.98. The Balaban J connectivity index is 1.31. The first-order valence-corrected chi connectivity index (χ1v) is 13.2. The molecule has 0 amide bonds. The zero-order valence-corrected chi connectivity index (χ0v) is 22.2. The highest BCUT2D eigenvalue weighted by Crippen LogP contribution is 2.32. The number of allylic oxidation sites excluding steroid dienone is 3. The largest absolute Gasteiger partial charge is 0.335 e. The van der Waals surface area contributed by atoms with E-state index >= 15 is 0 Å². The molecule has 4 aromatic heterocycles. The summed E-state index contributed by atoms with van der Waals surface area (Å²) in [5.41, 5.74) is 9.94. The Kier molecular flexibility index (Phi) is 7.11. The number of rotatable bonds is 9. The van der Waals surface area contributed by atoms with Crippen LogP contribution in [0, 0.1) is 0 Å². The number of aromatic nitrogens is 6. The van der Waals surface area contributed by atoms with Crippen LogP contribution in [0.1, 0.15) is 18.1 Å². The van der Waals surface area contributed by atoms with E-state index in [1.807, 2.05) is 30.5 Å². The molecule has 0 fully saturated rings. The molecular formula is C33H29N7. The van der Waals surface area contributed by atoms with E-state index in [2.05, 4.69) is 98.6 Å². The van der Waals surface area contributed by atoms with Crippen LogP contribution < -0.4 is 5.32 Å². The molecule has 7 heteroatoms. The maximum atomic E-state index is 4.95. The number of hydrogen-bond acceptors (Lipinski definition) is 5. The van der Waals surface area contributed by atoms with Gasteiger partial charge in [0.15, 0.2) is 5.82 Å². The van der Waals surface area contributed by atoms with Gasteiger partial charge >= 0.3 is 0 Å². The van der Waals surface area contributed by atoms with Crippen molar-refractivity contribution < 1.29 is 0 Å². The Hall–Kier alpha value is -5.14. The molecule has 2 aromatic carbocycles. The number of nitrogens with one attached hydrogen (secondary N) is 3. The van der Waals surface area contributed by atoms with Crippen LogP contribution in [0.2, 0.25) is 0 Å². The maximum Gasteiger partial charge on any atom is 0.159 e. The number of pyridine rings is 2. The quantitative estimate of drug-likeness (QED) is 0.180. The van der Waals surface area contributed by atoms with Gasteiger partial charge in [-0.3, -0.25) is 15.1 Å². The van der Waals surface area contributed by atoms with E-state index in [1.54, 1.807) is 18.6 Å². The van der Waals surface area contributed by atoms with Crippen molar-refractivity contribution in [2.24, 2.45) is 0 Å². The fourth-order valence-corrected chi connectivity index (χ4v) is 4.82. The summed E-state index contributed by atoms with van der Waals surface area (Å²) in [6.07, 6.45) is 13.4. The fraction of sp³-hybridized carbons (Fsp3) is 0.0909. The Labute approximate surface area is 232 Å². The number of nitrogens with zero attached hydrogens (tertiary/aromatic N) is 4. The Bertz CT molecular complexity index is 1840. The second kappa shape index (κ2) is 11.3. The Morgan fingerprint density at radius 1 is 0.975 bits per heavy atom. The molecule has 0 saturated heterocycles. The van der Waals surface area contributed by atoms with Crippen molar-refractivity contribution in [3.8, 4) is 22.6 Å². The summed E-state index contributed by atoms with van der Waals surface area (Å²) in [7, 11) is 0. The summed E-state index contributed by atoms with van der Waals surface area (Å²) < 4.78 is 0. The molecule has 0 aliphatic rings. The van der Waals surface area contributed by atoms with E-state index in [0.29, 0.717) is 5.82 Å². The molecule has 3 N–H and O–H groups in total. The van der Waals surface area contributed by atoms with Gasteiger partial charge in [-0.15, -0.1) is 0 Å². The third-order valence-corrected chi connectivity index (χ3v) is 6.92. The average Bonchev–Trinajstić information content (AvgIpc) is 3.63. The lowest BCUT2D eigenvalue weighted by atomic mass is 10.00. The first-order chi connectivity index (χ1) is 19.7. The first-order valence-electron chi connectivity index (χ1n) is 13.2. The summed E-state index contributed by atoms with van der Waals surface area (Å²) >= 11 is 0. The summed E-state index contributed by atoms with van der Waals surface area (Å²) in [4.78, 5) is 16.9. The molecule has 196 valence electrons. The highest BCUT2D eigenvalue weighted by Gasteiger charge is 2.16. The molecular weight excluding hydrogens is 494 g/mol. The topological polar surface area (TPSA) is 95.2 Å². The van der Waals surface area contributed by atoms with Crippen LogP contribution in [-0.4, -0.2) is 36.7 Å². The van der Waals surface area contributed by atoms with Crippen LogP contribution in [0.5, 0.6) is 0 Å². The average molecular weight is 524 g/mol. The van der Waals surface area contributed by atoms with Crippen LogP contribution in [0.4, 0.5) is 0 Å². The Morgan fingerprint density at radius 2 is 1.82 bits per heavy atom. The summed E-state index contributed by atoms with van der Waals surface area (Å²) in [6, 6.07) is 20.6. The molecule has 40 heavy (non-hydrogen) atoms. The van der Waals surface area contributed by atoms with E-state index in [9.17, 15) is 0 Å². The minimum atomic E-state index is 0.691. The minimum absolute atomic E-state index is 0.691. The minimum Gasteiger partial charge on any atom is -0.335 e. The zero-order valence-electron chi connectivity index (χ0n) is 22.2. The third kappa shape index (κ3) is 5.10. The van der Waals surface area contributed by atoms with Crippen molar-refractivity contribution in [3.63, 3.8) is 0 Å². The smallest absolute Gasteiger partial charge is 0.159 e. The number of fused-ring (bicyclic) bond motifs is 2. The summed E-state index contributed by atoms with van der Waals surface area (Å²) in [6.45, 7) is 7.62. The van der Waals surface area contributed by atoms with Gasteiger partial charge in [0.2, 0.25) is 0 Å². The maximum absolute atomic E-state index is 4.95. The van der Waals surface area contributed by atoms with Crippen molar-refractivity contribution in [1.29, 1.82) is 0 Å². The van der Waals surface area contributed by atoms with Gasteiger partial charge in [0, 0.05) is 42.6 Å². The molecule has 0 unspecified atom stereocenters. The van der Waals surface area contributed by atoms with E-state index in [4.69, 9.17) is 4.98 Å². The fourth-order valence-electron chi connectivity index (χ4n) is 4.82. The lowest BCUT2D eigenvalue weighted by molar-refractivity contribution is 0.747. The van der Waals surface area contributed by atoms with Crippen LogP contribution in [0.25, 0.3) is 50.2 Å². The van der Waals surface area contributed by atoms with Crippen molar-refractivity contribution in [2.75, 3.05) is 6.54 Å². The molecule has 6 aromatic rings. The molecule has 0 atom stereocenters. The van der Waals surface area contributed by atoms with Crippen molar-refractivity contribution in [1.82, 2.24) is 35.5 Å². The van der Waals surface area contributed by atoms with Gasteiger partial charge in [-0.1, -0.05) is 61.2 Å². The van der Waals surface area contributed by atoms with Crippen molar-refractivity contribution in [3.05, 3.63) is 127 Å². The van der Waals surface area contributed by atoms with Gasteiger partial charge in [-0.2, -0.15) is 5.10 Å². The van der Waals surface area contributed by atoms with Gasteiger partial charge in [-0.05, 0) is 59.0 Å². The molecule has 0 radical (unpaired) electrons. The molecule has 0 bridgehead atoms. The normalized spacial score (nSPS) is 12.3. The predicted octanol–water partition coefficient (Wildman–Crippen LogP) is 6.87. The number of H-pyrrole nitrogens is 2. The van der Waals surface area contributed by atoms with Gasteiger partial charge in [0.05, 0.1) is 22.7 Å². The van der Waals surface area contributed by atoms with Crippen LogP contribution in [-0.2, 0) is 6.54 Å². The van der Waals surface area contributed by atoms with E-state index in [1.165, 1.54) is 5.56 Å². The number of hydrogen-bond donors (Lipinski definition) is 3. The van der Waals surface area contributed by atoms with E-state index < -0.39 is 0 Å². The number of benzene rings is 2. The Morgan fingerprint density at radius 3 is 2.62 bits per heavy atom. The van der Waals surface area contributed by atoms with Crippen LogP contribution in [0.3, 0.4) is 0 Å². The lowest BCUT2D eigenvalue weighted by Gasteiger charge is -2.09. The molecule has 0 spiro atoms. The lowest BCUT2D eigenvalue weighted by Crippen LogP contribution is -2.15. The third-order valence-electron chi connectivity index (χ3n) is 6.92. The van der Waals surface area contributed by atoms with Crippen molar-refractivity contribution in [2.45, 2.75) is 13.5 Å². The van der Waals surface area contributed by atoms with Crippen LogP contribution >= 0.6 is 0 Å².